The lowest BCUT2D eigenvalue weighted by Crippen LogP contribution is -2.49. The van der Waals surface area contributed by atoms with Crippen LogP contribution in [0.5, 0.6) is 0 Å². The lowest BCUT2D eigenvalue weighted by Gasteiger charge is -2.37. The summed E-state index contributed by atoms with van der Waals surface area (Å²) in [6.07, 6.45) is 7.89. The molecule has 12 nitrogen and oxygen atoms in total. The number of H-pyrrole nitrogens is 1. The molecule has 4 atom stereocenters. The quantitative estimate of drug-likeness (QED) is 0.119. The Kier molecular flexibility index (Phi) is 12.7. The standard InChI is InChI=1S/C48H53N7O5/c1-60-48(59)52-42(36-13-5-2-6-14-36)46(57)55-30-12-18-41(55)44-49-32-40(51-44)35-23-19-33(20-24-35)34-21-25-38(26-22-34)45(56)50-31-39-17-11-29-54(39)47(58)43(37-15-7-3-8-16-37)53-27-9-4-10-28-53/h2-3,5-8,13-16,19-26,32,39,41-43H,4,9-12,17-18,27-31H2,1H3,(H,49,51)(H,50,56)(H,52,59)/t39-,41-,42+,43+/m0/s1. The van der Waals surface area contributed by atoms with E-state index in [1.165, 1.54) is 13.5 Å². The molecule has 0 bridgehead atoms. The van der Waals surface area contributed by atoms with E-state index in [4.69, 9.17) is 9.72 Å². The predicted molar refractivity (Wildman–Crippen MR) is 230 cm³/mol. The Morgan fingerprint density at radius 2 is 1.32 bits per heavy atom. The topological polar surface area (TPSA) is 140 Å². The molecule has 4 aromatic carbocycles. The molecule has 8 rings (SSSR count). The SMILES string of the molecule is COC(=O)N[C@@H](C(=O)N1CCC[C@H]1c1ncc(-c2ccc(-c3ccc(C(=O)NC[C@@H]4CCCN4C(=O)[C@@H](c4ccccc4)N4CCCCC4)cc3)cc2)[nH]1)c1ccccc1. The summed E-state index contributed by atoms with van der Waals surface area (Å²) in [7, 11) is 1.28. The summed E-state index contributed by atoms with van der Waals surface area (Å²) in [5, 5.41) is 5.83. The zero-order chi connectivity index (χ0) is 41.4. The lowest BCUT2D eigenvalue weighted by molar-refractivity contribution is -0.138. The summed E-state index contributed by atoms with van der Waals surface area (Å²) in [5.74, 6) is 0.464. The van der Waals surface area contributed by atoms with E-state index in [0.29, 0.717) is 36.6 Å². The third-order valence-electron chi connectivity index (χ3n) is 12.2. The maximum Gasteiger partial charge on any atom is 0.407 e. The van der Waals surface area contributed by atoms with Crippen molar-refractivity contribution in [3.8, 4) is 22.4 Å². The molecule has 3 fully saturated rings. The highest BCUT2D eigenvalue weighted by Gasteiger charge is 2.38. The molecule has 310 valence electrons. The number of rotatable bonds is 12. The van der Waals surface area contributed by atoms with E-state index < -0.39 is 12.1 Å². The van der Waals surface area contributed by atoms with Crippen molar-refractivity contribution in [3.63, 3.8) is 0 Å². The van der Waals surface area contributed by atoms with Crippen LogP contribution in [0.15, 0.2) is 115 Å². The van der Waals surface area contributed by atoms with Crippen LogP contribution in [0, 0.1) is 0 Å². The molecule has 0 radical (unpaired) electrons. The number of carbonyl (C=O) groups excluding carboxylic acids is 4. The van der Waals surface area contributed by atoms with Gasteiger partial charge in [0.25, 0.3) is 11.8 Å². The van der Waals surface area contributed by atoms with Crippen molar-refractivity contribution in [1.82, 2.24) is 35.3 Å². The maximum absolute atomic E-state index is 14.2. The summed E-state index contributed by atoms with van der Waals surface area (Å²) in [6, 6.07) is 33.6. The fraction of sp³-hybridized carbons (Fsp3) is 0.354. The van der Waals surface area contributed by atoms with Crippen molar-refractivity contribution < 1.29 is 23.9 Å². The molecule has 0 spiro atoms. The summed E-state index contributed by atoms with van der Waals surface area (Å²) >= 11 is 0. The van der Waals surface area contributed by atoms with Gasteiger partial charge < -0.3 is 30.2 Å². The number of hydrogen-bond acceptors (Lipinski definition) is 7. The Morgan fingerprint density at radius 3 is 2.00 bits per heavy atom. The largest absolute Gasteiger partial charge is 0.453 e. The number of aromatic nitrogens is 2. The Balaban J connectivity index is 0.880. The van der Waals surface area contributed by atoms with Gasteiger partial charge in [-0.05, 0) is 91.6 Å². The van der Waals surface area contributed by atoms with Crippen LogP contribution < -0.4 is 10.6 Å². The molecule has 12 heteroatoms. The number of nitrogens with one attached hydrogen (secondary N) is 3. The molecule has 3 N–H and O–H groups in total. The van der Waals surface area contributed by atoms with Gasteiger partial charge in [-0.25, -0.2) is 9.78 Å². The Labute approximate surface area is 351 Å². The molecule has 5 aromatic rings. The Morgan fingerprint density at radius 1 is 0.700 bits per heavy atom. The van der Waals surface area contributed by atoms with Crippen LogP contribution in [-0.4, -0.2) is 94.4 Å². The summed E-state index contributed by atoms with van der Waals surface area (Å²) in [6.45, 7) is 3.52. The summed E-state index contributed by atoms with van der Waals surface area (Å²) in [5.41, 5.74) is 6.05. The van der Waals surface area contributed by atoms with Crippen molar-refractivity contribution in [2.24, 2.45) is 0 Å². The second-order valence-corrected chi connectivity index (χ2v) is 16.0. The Hall–Kier alpha value is -6.27. The number of ether oxygens (including phenoxy) is 1. The zero-order valence-corrected chi connectivity index (χ0v) is 34.1. The third-order valence-corrected chi connectivity index (χ3v) is 12.2. The molecule has 4 heterocycles. The van der Waals surface area contributed by atoms with Crippen LogP contribution in [0.25, 0.3) is 22.4 Å². The monoisotopic (exact) mass is 807 g/mol. The van der Waals surface area contributed by atoms with E-state index in [1.807, 2.05) is 102 Å². The number of imidazole rings is 1. The van der Waals surface area contributed by atoms with Crippen molar-refractivity contribution in [2.75, 3.05) is 39.8 Å². The van der Waals surface area contributed by atoms with Crippen molar-refractivity contribution in [3.05, 3.63) is 138 Å². The van der Waals surface area contributed by atoms with Gasteiger partial charge in [-0.15, -0.1) is 0 Å². The van der Waals surface area contributed by atoms with Crippen LogP contribution in [0.4, 0.5) is 4.79 Å². The number of likely N-dealkylation sites (tertiary alicyclic amines) is 3. The van der Waals surface area contributed by atoms with E-state index in [0.717, 1.165) is 79.6 Å². The van der Waals surface area contributed by atoms with Crippen LogP contribution >= 0.6 is 0 Å². The third kappa shape index (κ3) is 8.98. The number of piperidine rings is 1. The minimum Gasteiger partial charge on any atom is -0.453 e. The second-order valence-electron chi connectivity index (χ2n) is 16.0. The van der Waals surface area contributed by atoms with Crippen LogP contribution in [0.2, 0.25) is 0 Å². The number of hydrogen-bond donors (Lipinski definition) is 3. The number of benzene rings is 4. The number of methoxy groups -OCH3 is 1. The van der Waals surface area contributed by atoms with Gasteiger partial charge in [0.1, 0.15) is 17.9 Å². The maximum atomic E-state index is 14.2. The normalized spacial score (nSPS) is 19.1. The first-order valence-electron chi connectivity index (χ1n) is 21.2. The minimum atomic E-state index is -0.882. The fourth-order valence-electron chi connectivity index (χ4n) is 9.03. The van der Waals surface area contributed by atoms with Gasteiger partial charge in [0.05, 0.1) is 25.0 Å². The molecular weight excluding hydrogens is 755 g/mol. The molecule has 60 heavy (non-hydrogen) atoms. The van der Waals surface area contributed by atoms with E-state index in [-0.39, 0.29) is 35.8 Å². The van der Waals surface area contributed by atoms with E-state index in [9.17, 15) is 19.2 Å². The first-order valence-corrected chi connectivity index (χ1v) is 21.2. The van der Waals surface area contributed by atoms with Gasteiger partial charge in [-0.2, -0.15) is 0 Å². The Bertz CT molecular complexity index is 2240. The van der Waals surface area contributed by atoms with Gasteiger partial charge in [0, 0.05) is 31.2 Å². The molecule has 3 aliphatic rings. The highest BCUT2D eigenvalue weighted by atomic mass is 16.5. The van der Waals surface area contributed by atoms with Crippen LogP contribution in [0.3, 0.4) is 0 Å². The van der Waals surface area contributed by atoms with Crippen LogP contribution in [-0.2, 0) is 14.3 Å². The summed E-state index contributed by atoms with van der Waals surface area (Å²) in [4.78, 5) is 67.9. The van der Waals surface area contributed by atoms with Gasteiger partial charge in [-0.3, -0.25) is 19.3 Å². The highest BCUT2D eigenvalue weighted by Crippen LogP contribution is 2.35. The van der Waals surface area contributed by atoms with Crippen molar-refractivity contribution >= 4 is 23.8 Å². The summed E-state index contributed by atoms with van der Waals surface area (Å²) < 4.78 is 4.83. The van der Waals surface area contributed by atoms with Gasteiger partial charge in [-0.1, -0.05) is 103 Å². The van der Waals surface area contributed by atoms with Crippen LogP contribution in [0.1, 0.15) is 90.4 Å². The molecule has 1 aromatic heterocycles. The molecular formula is C48H53N7O5. The zero-order valence-electron chi connectivity index (χ0n) is 34.1. The number of carbonyl (C=O) groups is 4. The van der Waals surface area contributed by atoms with E-state index in [2.05, 4.69) is 32.7 Å². The average Bonchev–Trinajstić information content (AvgIpc) is 4.11. The predicted octanol–water partition coefficient (Wildman–Crippen LogP) is 7.45. The molecule has 3 aliphatic heterocycles. The van der Waals surface area contributed by atoms with E-state index in [1.54, 1.807) is 11.1 Å². The van der Waals surface area contributed by atoms with Gasteiger partial charge in [0.2, 0.25) is 5.91 Å². The number of nitrogens with zero attached hydrogens (tertiary/aromatic N) is 4. The number of amides is 4. The van der Waals surface area contributed by atoms with Gasteiger partial charge in [0.15, 0.2) is 0 Å². The fourth-order valence-corrected chi connectivity index (χ4v) is 9.03. The smallest absolute Gasteiger partial charge is 0.407 e. The highest BCUT2D eigenvalue weighted by molar-refractivity contribution is 5.95. The van der Waals surface area contributed by atoms with E-state index >= 15 is 0 Å². The number of aromatic amines is 1. The second kappa shape index (κ2) is 18.8. The average molecular weight is 808 g/mol. The lowest BCUT2D eigenvalue weighted by atomic mass is 10.00. The first-order chi connectivity index (χ1) is 29.4. The molecule has 0 unspecified atom stereocenters. The molecule has 3 saturated heterocycles. The van der Waals surface area contributed by atoms with Crippen molar-refractivity contribution in [2.45, 2.75) is 69.1 Å². The van der Waals surface area contributed by atoms with Crippen molar-refractivity contribution in [1.29, 1.82) is 0 Å². The molecule has 0 aliphatic carbocycles. The first kappa shape index (κ1) is 40.5. The molecule has 0 saturated carbocycles. The van der Waals surface area contributed by atoms with Gasteiger partial charge >= 0.3 is 6.09 Å². The minimum absolute atomic E-state index is 0.0388. The number of alkyl carbamates (subject to hydrolysis) is 1. The molecule has 4 amide bonds.